The van der Waals surface area contributed by atoms with Crippen molar-refractivity contribution < 1.29 is 28.7 Å². The Morgan fingerprint density at radius 3 is 1.38 bits per heavy atom. The SMILES string of the molecule is CCC(NC(=O)OC)C(=O)N1C2CCC(C2)C1c1ncc(-c2ccc(-c3ccc(-c4cnc(C5C6CCC(C6)N5C(=O)C(CC)NC(=O)OC)[nH]4)cc3)cc2)[nH]1. The number of carbonyl (C=O) groups is 4. The first-order valence-corrected chi connectivity index (χ1v) is 19.9. The van der Waals surface area contributed by atoms with Crippen LogP contribution in [-0.4, -0.2) is 92.1 Å². The summed E-state index contributed by atoms with van der Waals surface area (Å²) in [6.07, 6.45) is 9.29. The van der Waals surface area contributed by atoms with Gasteiger partial charge in [0, 0.05) is 12.1 Å². The molecule has 8 atom stereocenters. The predicted octanol–water partition coefficient (Wildman–Crippen LogP) is 6.51. The third-order valence-corrected chi connectivity index (χ3v) is 12.5. The second-order valence-corrected chi connectivity index (χ2v) is 15.5. The Hall–Kier alpha value is -5.66. The van der Waals surface area contributed by atoms with Crippen molar-refractivity contribution in [2.45, 2.75) is 101 Å². The quantitative estimate of drug-likeness (QED) is 0.134. The standard InChI is InChI=1S/C42H50N8O6/c1-5-31(47-41(53)55-3)39(51)49-29-17-15-27(19-29)35(49)37-43-21-33(45-37)25-11-7-23(8-12-25)24-9-13-26(14-10-24)34-22-44-38(46-34)36-28-16-18-30(20-28)50(36)40(52)32(6-2)48-42(54)56-4/h7-14,21-22,27-32,35-36H,5-6,15-20H2,1-4H3,(H,43,45)(H,44,46)(H,47,53)(H,48,54). The molecule has 4 amide bonds. The number of aromatic amines is 2. The molecule has 4 heterocycles. The van der Waals surface area contributed by atoms with Crippen LogP contribution in [0.4, 0.5) is 9.59 Å². The molecule has 8 unspecified atom stereocenters. The number of fused-ring (bicyclic) bond motifs is 4. The number of hydrogen-bond donors (Lipinski definition) is 4. The van der Waals surface area contributed by atoms with Gasteiger partial charge in [-0.05, 0) is 85.5 Å². The van der Waals surface area contributed by atoms with Crippen molar-refractivity contribution in [1.29, 1.82) is 0 Å². The monoisotopic (exact) mass is 762 g/mol. The van der Waals surface area contributed by atoms with E-state index < -0.39 is 24.3 Å². The van der Waals surface area contributed by atoms with Crippen LogP contribution in [0.1, 0.15) is 88.9 Å². The van der Waals surface area contributed by atoms with Crippen molar-refractivity contribution in [3.63, 3.8) is 0 Å². The van der Waals surface area contributed by atoms with Crippen molar-refractivity contribution in [3.05, 3.63) is 72.6 Å². The number of nitrogens with one attached hydrogen (secondary N) is 4. The number of ether oxygens (including phenoxy) is 2. The number of benzene rings is 2. The van der Waals surface area contributed by atoms with Crippen molar-refractivity contribution in [3.8, 4) is 33.6 Å². The number of rotatable bonds is 11. The maximum absolute atomic E-state index is 13.7. The molecule has 2 saturated heterocycles. The van der Waals surface area contributed by atoms with Crippen LogP contribution in [0.2, 0.25) is 0 Å². The molecule has 2 aromatic heterocycles. The minimum Gasteiger partial charge on any atom is -0.453 e. The molecule has 294 valence electrons. The molecule has 2 aliphatic carbocycles. The summed E-state index contributed by atoms with van der Waals surface area (Å²) < 4.78 is 9.54. The first-order chi connectivity index (χ1) is 27.2. The summed E-state index contributed by atoms with van der Waals surface area (Å²) in [4.78, 5) is 71.8. The van der Waals surface area contributed by atoms with Gasteiger partial charge in [0.15, 0.2) is 0 Å². The average molecular weight is 763 g/mol. The van der Waals surface area contributed by atoms with Gasteiger partial charge in [-0.1, -0.05) is 62.4 Å². The molecule has 4 aliphatic rings. The van der Waals surface area contributed by atoms with Crippen molar-refractivity contribution in [1.82, 2.24) is 40.4 Å². The summed E-state index contributed by atoms with van der Waals surface area (Å²) in [5, 5.41) is 5.41. The van der Waals surface area contributed by atoms with E-state index in [2.05, 4.69) is 69.1 Å². The van der Waals surface area contributed by atoms with E-state index in [1.165, 1.54) is 14.2 Å². The van der Waals surface area contributed by atoms with Crippen LogP contribution >= 0.6 is 0 Å². The Morgan fingerprint density at radius 2 is 1.02 bits per heavy atom. The van der Waals surface area contributed by atoms with E-state index in [9.17, 15) is 19.2 Å². The van der Waals surface area contributed by atoms with Gasteiger partial charge in [0.2, 0.25) is 11.8 Å². The zero-order valence-corrected chi connectivity index (χ0v) is 32.3. The zero-order valence-electron chi connectivity index (χ0n) is 32.3. The Bertz CT molecular complexity index is 1930. The molecule has 14 nitrogen and oxygen atoms in total. The number of carbonyl (C=O) groups excluding carboxylic acids is 4. The van der Waals surface area contributed by atoms with Crippen LogP contribution in [0.25, 0.3) is 33.6 Å². The number of hydrogen-bond acceptors (Lipinski definition) is 8. The van der Waals surface area contributed by atoms with E-state index in [1.54, 1.807) is 0 Å². The molecule has 0 radical (unpaired) electrons. The third-order valence-electron chi connectivity index (χ3n) is 12.5. The van der Waals surface area contributed by atoms with Gasteiger partial charge in [0.1, 0.15) is 23.7 Å². The molecule has 8 rings (SSSR count). The summed E-state index contributed by atoms with van der Waals surface area (Å²) in [5.41, 5.74) is 5.89. The molecular formula is C42H50N8O6. The maximum atomic E-state index is 13.7. The number of piperidine rings is 2. The summed E-state index contributed by atoms with van der Waals surface area (Å²) in [6, 6.07) is 15.3. The largest absolute Gasteiger partial charge is 0.453 e. The maximum Gasteiger partial charge on any atom is 0.407 e. The van der Waals surface area contributed by atoms with E-state index in [-0.39, 0.29) is 36.0 Å². The fourth-order valence-electron chi connectivity index (χ4n) is 9.71. The Morgan fingerprint density at radius 1 is 0.643 bits per heavy atom. The second-order valence-electron chi connectivity index (χ2n) is 15.5. The fourth-order valence-corrected chi connectivity index (χ4v) is 9.71. The van der Waals surface area contributed by atoms with Gasteiger partial charge in [-0.2, -0.15) is 0 Å². The summed E-state index contributed by atoms with van der Waals surface area (Å²) in [5.74, 6) is 2.01. The van der Waals surface area contributed by atoms with Crippen LogP contribution in [0.5, 0.6) is 0 Å². The van der Waals surface area contributed by atoms with Gasteiger partial charge in [-0.25, -0.2) is 19.6 Å². The topological polar surface area (TPSA) is 175 Å². The summed E-state index contributed by atoms with van der Waals surface area (Å²) in [6.45, 7) is 3.77. The third kappa shape index (κ3) is 6.79. The average Bonchev–Trinajstić information content (AvgIpc) is 4.10. The lowest BCUT2D eigenvalue weighted by atomic mass is 9.97. The highest BCUT2D eigenvalue weighted by molar-refractivity contribution is 5.87. The van der Waals surface area contributed by atoms with E-state index in [0.29, 0.717) is 24.7 Å². The second kappa shape index (κ2) is 15.5. The van der Waals surface area contributed by atoms with Gasteiger partial charge < -0.3 is 39.9 Å². The number of H-pyrrole nitrogens is 2. The lowest BCUT2D eigenvalue weighted by Gasteiger charge is -2.36. The first-order valence-electron chi connectivity index (χ1n) is 19.9. The van der Waals surface area contributed by atoms with Crippen LogP contribution in [0.15, 0.2) is 60.9 Å². The zero-order chi connectivity index (χ0) is 39.1. The molecule has 4 fully saturated rings. The fraction of sp³-hybridized carbons (Fsp3) is 0.476. The van der Waals surface area contributed by atoms with Crippen molar-refractivity contribution in [2.24, 2.45) is 11.8 Å². The molecule has 0 spiro atoms. The van der Waals surface area contributed by atoms with Crippen LogP contribution < -0.4 is 10.6 Å². The molecule has 2 aromatic carbocycles. The predicted molar refractivity (Wildman–Crippen MR) is 208 cm³/mol. The summed E-state index contributed by atoms with van der Waals surface area (Å²) >= 11 is 0. The van der Waals surface area contributed by atoms with Crippen molar-refractivity contribution >= 4 is 24.0 Å². The molecule has 4 aromatic rings. The van der Waals surface area contributed by atoms with Gasteiger partial charge in [-0.3, -0.25) is 9.59 Å². The molecular weight excluding hydrogens is 713 g/mol. The number of imidazole rings is 2. The van der Waals surface area contributed by atoms with Gasteiger partial charge in [-0.15, -0.1) is 0 Å². The summed E-state index contributed by atoms with van der Waals surface area (Å²) in [7, 11) is 2.60. The minimum absolute atomic E-state index is 0.0907. The van der Waals surface area contributed by atoms with Crippen LogP contribution in [0, 0.1) is 11.8 Å². The molecule has 2 saturated carbocycles. The molecule has 14 heteroatoms. The number of nitrogens with zero attached hydrogens (tertiary/aromatic N) is 4. The Kier molecular flexibility index (Phi) is 10.3. The normalized spacial score (nSPS) is 24.6. The van der Waals surface area contributed by atoms with Gasteiger partial charge in [0.25, 0.3) is 0 Å². The highest BCUT2D eigenvalue weighted by atomic mass is 16.5. The smallest absolute Gasteiger partial charge is 0.407 e. The number of methoxy groups -OCH3 is 2. The first kappa shape index (κ1) is 37.3. The van der Waals surface area contributed by atoms with E-state index in [1.807, 2.05) is 36.0 Å². The Labute approximate surface area is 326 Å². The number of aromatic nitrogens is 4. The lowest BCUT2D eigenvalue weighted by Crippen LogP contribution is -2.51. The lowest BCUT2D eigenvalue weighted by molar-refractivity contribution is -0.139. The van der Waals surface area contributed by atoms with E-state index >= 15 is 0 Å². The van der Waals surface area contributed by atoms with Gasteiger partial charge in [0.05, 0.1) is 50.1 Å². The van der Waals surface area contributed by atoms with Crippen molar-refractivity contribution in [2.75, 3.05) is 14.2 Å². The minimum atomic E-state index is -0.648. The number of alkyl carbamates (subject to hydrolysis) is 2. The van der Waals surface area contributed by atoms with Crippen LogP contribution in [-0.2, 0) is 19.1 Å². The van der Waals surface area contributed by atoms with Gasteiger partial charge >= 0.3 is 12.2 Å². The molecule has 4 N–H and O–H groups in total. The highest BCUT2D eigenvalue weighted by Crippen LogP contribution is 2.51. The Balaban J connectivity index is 0.945. The highest BCUT2D eigenvalue weighted by Gasteiger charge is 2.52. The number of likely N-dealkylation sites (tertiary alicyclic amines) is 2. The number of amides is 4. The molecule has 56 heavy (non-hydrogen) atoms. The van der Waals surface area contributed by atoms with E-state index in [0.717, 1.165) is 83.8 Å². The van der Waals surface area contributed by atoms with E-state index in [4.69, 9.17) is 19.4 Å². The molecule has 4 bridgehead atoms. The molecule has 2 aliphatic heterocycles. The van der Waals surface area contributed by atoms with Crippen LogP contribution in [0.3, 0.4) is 0 Å².